The minimum Gasteiger partial charge on any atom is -0.456 e. The fourth-order valence-corrected chi connectivity index (χ4v) is 7.52. The van der Waals surface area contributed by atoms with Crippen molar-refractivity contribution >= 4 is 93.6 Å². The van der Waals surface area contributed by atoms with Gasteiger partial charge in [-0.15, -0.1) is 0 Å². The molecule has 234 valence electrons. The number of furan rings is 2. The number of rotatable bonds is 4. The third-order valence-electron chi connectivity index (χ3n) is 9.84. The molecule has 0 atom stereocenters. The molecule has 0 fully saturated rings. The highest BCUT2D eigenvalue weighted by atomic mass is 16.4. The summed E-state index contributed by atoms with van der Waals surface area (Å²) in [5.74, 6) is 0.576. The average Bonchev–Trinajstić information content (AvgIpc) is 3.87. The summed E-state index contributed by atoms with van der Waals surface area (Å²) in [6, 6.07) is 54.4. The third-order valence-corrected chi connectivity index (χ3v) is 9.84. The number of benzene rings is 8. The molecule has 5 nitrogen and oxygen atoms in total. The Labute approximate surface area is 285 Å². The van der Waals surface area contributed by atoms with Gasteiger partial charge in [-0.1, -0.05) is 78.9 Å². The predicted octanol–water partition coefficient (Wildman–Crippen LogP) is 13.1. The van der Waals surface area contributed by atoms with Gasteiger partial charge in [0.1, 0.15) is 27.8 Å². The number of para-hydroxylation sites is 1. The highest BCUT2D eigenvalue weighted by Gasteiger charge is 2.20. The first-order valence-corrected chi connectivity index (χ1v) is 16.7. The SMILES string of the molecule is c1ccc(N(c2ccc3c(c2)oc2cccc(-c4nc5cc6ccccc6cc5o4)c23)c2ccc3oc4c5ccccc5ccc4c3c2)cc1. The zero-order chi connectivity index (χ0) is 32.8. The first kappa shape index (κ1) is 27.1. The number of hydrogen-bond acceptors (Lipinski definition) is 5. The van der Waals surface area contributed by atoms with Gasteiger partial charge in [-0.3, -0.25) is 0 Å². The molecule has 0 bridgehead atoms. The minimum atomic E-state index is 0.576. The zero-order valence-electron chi connectivity index (χ0n) is 26.6. The van der Waals surface area contributed by atoms with E-state index in [9.17, 15) is 0 Å². The van der Waals surface area contributed by atoms with Crippen LogP contribution in [0.1, 0.15) is 0 Å². The van der Waals surface area contributed by atoms with Crippen LogP contribution in [0.2, 0.25) is 0 Å². The molecule has 0 aliphatic heterocycles. The topological polar surface area (TPSA) is 55.6 Å². The van der Waals surface area contributed by atoms with Crippen LogP contribution >= 0.6 is 0 Å². The highest BCUT2D eigenvalue weighted by molar-refractivity contribution is 6.16. The summed E-state index contributed by atoms with van der Waals surface area (Å²) in [5, 5.41) is 8.69. The molecule has 0 amide bonds. The average molecular weight is 643 g/mol. The lowest BCUT2D eigenvalue weighted by Gasteiger charge is -2.25. The number of nitrogens with zero attached hydrogens (tertiary/aromatic N) is 2. The van der Waals surface area contributed by atoms with E-state index in [0.717, 1.165) is 99.1 Å². The lowest BCUT2D eigenvalue weighted by atomic mass is 10.0. The molecule has 0 aliphatic rings. The normalized spacial score (nSPS) is 12.0. The lowest BCUT2D eigenvalue weighted by molar-refractivity contribution is 0.620. The second-order valence-electron chi connectivity index (χ2n) is 12.8. The molecule has 0 N–H and O–H groups in total. The van der Waals surface area contributed by atoms with E-state index in [1.165, 1.54) is 0 Å². The molecule has 11 aromatic rings. The number of aromatic nitrogens is 1. The van der Waals surface area contributed by atoms with Crippen molar-refractivity contribution in [2.24, 2.45) is 0 Å². The summed E-state index contributed by atoms with van der Waals surface area (Å²) in [4.78, 5) is 7.19. The Morgan fingerprint density at radius 2 is 1.16 bits per heavy atom. The van der Waals surface area contributed by atoms with Crippen molar-refractivity contribution in [2.75, 3.05) is 4.90 Å². The fraction of sp³-hybridized carbons (Fsp3) is 0. The van der Waals surface area contributed by atoms with Gasteiger partial charge in [0.05, 0.1) is 0 Å². The number of oxazole rings is 1. The molecule has 8 aromatic carbocycles. The fourth-order valence-electron chi connectivity index (χ4n) is 7.52. The van der Waals surface area contributed by atoms with E-state index in [2.05, 4.69) is 132 Å². The summed E-state index contributed by atoms with van der Waals surface area (Å²) >= 11 is 0. The molecule has 0 saturated carbocycles. The minimum absolute atomic E-state index is 0.576. The van der Waals surface area contributed by atoms with E-state index >= 15 is 0 Å². The molecular weight excluding hydrogens is 617 g/mol. The second kappa shape index (κ2) is 10.3. The Morgan fingerprint density at radius 1 is 0.400 bits per heavy atom. The molecule has 0 unspecified atom stereocenters. The van der Waals surface area contributed by atoms with Crippen LogP contribution in [-0.2, 0) is 0 Å². The largest absolute Gasteiger partial charge is 0.456 e. The van der Waals surface area contributed by atoms with Gasteiger partial charge in [-0.2, -0.15) is 0 Å². The van der Waals surface area contributed by atoms with Crippen LogP contribution < -0.4 is 4.90 Å². The second-order valence-corrected chi connectivity index (χ2v) is 12.8. The maximum absolute atomic E-state index is 6.56. The first-order chi connectivity index (χ1) is 24.7. The van der Waals surface area contributed by atoms with Crippen LogP contribution in [0.25, 0.3) is 88.0 Å². The Kier molecular flexibility index (Phi) is 5.60. The van der Waals surface area contributed by atoms with Crippen LogP contribution in [0, 0.1) is 0 Å². The van der Waals surface area contributed by atoms with Crippen molar-refractivity contribution in [3.05, 3.63) is 158 Å². The summed E-state index contributed by atoms with van der Waals surface area (Å²) in [6.07, 6.45) is 0. The van der Waals surface area contributed by atoms with Crippen molar-refractivity contribution in [1.82, 2.24) is 4.98 Å². The number of anilines is 3. The maximum Gasteiger partial charge on any atom is 0.228 e. The molecule has 50 heavy (non-hydrogen) atoms. The number of fused-ring (bicyclic) bond motifs is 10. The van der Waals surface area contributed by atoms with Gasteiger partial charge in [0, 0.05) is 55.6 Å². The Balaban J connectivity index is 1.07. The highest BCUT2D eigenvalue weighted by Crippen LogP contribution is 2.43. The molecule has 0 spiro atoms. The van der Waals surface area contributed by atoms with Gasteiger partial charge in [-0.25, -0.2) is 4.98 Å². The van der Waals surface area contributed by atoms with E-state index in [0.29, 0.717) is 5.89 Å². The van der Waals surface area contributed by atoms with Crippen LogP contribution in [0.15, 0.2) is 171 Å². The lowest BCUT2D eigenvalue weighted by Crippen LogP contribution is -2.09. The summed E-state index contributed by atoms with van der Waals surface area (Å²) in [6.45, 7) is 0. The molecule has 0 aliphatic carbocycles. The van der Waals surface area contributed by atoms with E-state index in [-0.39, 0.29) is 0 Å². The van der Waals surface area contributed by atoms with Crippen LogP contribution in [0.5, 0.6) is 0 Å². The van der Waals surface area contributed by atoms with Crippen molar-refractivity contribution in [2.45, 2.75) is 0 Å². The van der Waals surface area contributed by atoms with Crippen LogP contribution in [0.3, 0.4) is 0 Å². The van der Waals surface area contributed by atoms with E-state index in [1.807, 2.05) is 30.3 Å². The van der Waals surface area contributed by atoms with Crippen molar-refractivity contribution in [3.63, 3.8) is 0 Å². The Bertz CT molecular complexity index is 3060. The van der Waals surface area contributed by atoms with Crippen LogP contribution in [-0.4, -0.2) is 4.98 Å². The maximum atomic E-state index is 6.56. The Hall–Kier alpha value is -6.85. The van der Waals surface area contributed by atoms with Gasteiger partial charge in [-0.05, 0) is 89.0 Å². The molecular formula is C45H26N2O3. The zero-order valence-corrected chi connectivity index (χ0v) is 26.6. The summed E-state index contributed by atoms with van der Waals surface area (Å²) < 4.78 is 19.4. The Morgan fingerprint density at radius 3 is 2.06 bits per heavy atom. The third kappa shape index (κ3) is 4.04. The molecule has 3 heterocycles. The predicted molar refractivity (Wildman–Crippen MR) is 204 cm³/mol. The van der Waals surface area contributed by atoms with Gasteiger partial charge < -0.3 is 18.2 Å². The smallest absolute Gasteiger partial charge is 0.228 e. The van der Waals surface area contributed by atoms with Crippen LogP contribution in [0.4, 0.5) is 17.1 Å². The first-order valence-electron chi connectivity index (χ1n) is 16.7. The van der Waals surface area contributed by atoms with E-state index in [4.69, 9.17) is 18.2 Å². The molecule has 3 aromatic heterocycles. The monoisotopic (exact) mass is 642 g/mol. The van der Waals surface area contributed by atoms with Gasteiger partial charge in [0.25, 0.3) is 0 Å². The van der Waals surface area contributed by atoms with Gasteiger partial charge in [0.2, 0.25) is 5.89 Å². The molecule has 0 saturated heterocycles. The molecule has 5 heteroatoms. The quantitative estimate of drug-likeness (QED) is 0.191. The van der Waals surface area contributed by atoms with Crippen molar-refractivity contribution in [3.8, 4) is 11.5 Å². The molecule has 0 radical (unpaired) electrons. The van der Waals surface area contributed by atoms with Gasteiger partial charge in [0.15, 0.2) is 5.58 Å². The van der Waals surface area contributed by atoms with Gasteiger partial charge >= 0.3 is 0 Å². The van der Waals surface area contributed by atoms with E-state index < -0.39 is 0 Å². The van der Waals surface area contributed by atoms with Crippen molar-refractivity contribution < 1.29 is 13.3 Å². The standard InChI is InChI=1S/C45H26N2O3/c1-2-12-30(13-3-1)47(31-19-22-39-37(25-31)34-20-17-27-9-6-7-14-33(27)44(34)49-39)32-18-21-35-41(26-32)48-40-16-8-15-36(43(35)40)45-46-38-23-28-10-4-5-11-29(28)24-42(38)50-45/h1-26H. The molecule has 11 rings (SSSR count). The summed E-state index contributed by atoms with van der Waals surface area (Å²) in [7, 11) is 0. The van der Waals surface area contributed by atoms with E-state index in [1.54, 1.807) is 0 Å². The summed E-state index contributed by atoms with van der Waals surface area (Å²) in [5.41, 5.74) is 8.89. The number of hydrogen-bond donors (Lipinski definition) is 0. The van der Waals surface area contributed by atoms with Crippen molar-refractivity contribution in [1.29, 1.82) is 0 Å².